The predicted molar refractivity (Wildman–Crippen MR) is 106 cm³/mol. The van der Waals surface area contributed by atoms with E-state index in [0.29, 0.717) is 39.5 Å². The van der Waals surface area contributed by atoms with Gasteiger partial charge in [0.05, 0.1) is 28.4 Å². The topological polar surface area (TPSA) is 96.2 Å². The van der Waals surface area contributed by atoms with E-state index in [4.69, 9.17) is 23.4 Å². The Morgan fingerprint density at radius 3 is 2.17 bits per heavy atom. The van der Waals surface area contributed by atoms with Crippen molar-refractivity contribution in [2.45, 2.75) is 6.54 Å². The molecule has 0 saturated carbocycles. The third-order valence-corrected chi connectivity index (χ3v) is 4.37. The van der Waals surface area contributed by atoms with Gasteiger partial charge in [-0.25, -0.2) is 4.79 Å². The molecular formula is C21H21NO7. The minimum atomic E-state index is -0.746. The monoisotopic (exact) mass is 399 g/mol. The van der Waals surface area contributed by atoms with E-state index in [9.17, 15) is 9.59 Å². The Kier molecular flexibility index (Phi) is 5.92. The first kappa shape index (κ1) is 20.1. The Hall–Kier alpha value is -3.68. The fraction of sp³-hybridized carbons (Fsp3) is 0.238. The van der Waals surface area contributed by atoms with Gasteiger partial charge >= 0.3 is 5.63 Å². The van der Waals surface area contributed by atoms with Gasteiger partial charge in [0, 0.05) is 11.9 Å². The molecule has 0 aliphatic heterocycles. The molecule has 0 saturated heterocycles. The fourth-order valence-electron chi connectivity index (χ4n) is 2.95. The smallest absolute Gasteiger partial charge is 0.349 e. The van der Waals surface area contributed by atoms with Gasteiger partial charge in [-0.15, -0.1) is 0 Å². The Bertz CT molecular complexity index is 1080. The van der Waals surface area contributed by atoms with Crippen LogP contribution in [0.2, 0.25) is 0 Å². The highest BCUT2D eigenvalue weighted by molar-refractivity contribution is 5.97. The molecule has 0 bridgehead atoms. The van der Waals surface area contributed by atoms with E-state index in [1.54, 1.807) is 30.3 Å². The summed E-state index contributed by atoms with van der Waals surface area (Å²) in [5.41, 5.74) is 0.156. The third kappa shape index (κ3) is 3.96. The van der Waals surface area contributed by atoms with Gasteiger partial charge in [-0.2, -0.15) is 0 Å². The van der Waals surface area contributed by atoms with E-state index in [2.05, 4.69) is 5.32 Å². The number of methoxy groups -OCH3 is 4. The van der Waals surface area contributed by atoms with Crippen LogP contribution >= 0.6 is 0 Å². The normalized spacial score (nSPS) is 10.5. The van der Waals surface area contributed by atoms with Crippen LogP contribution < -0.4 is 29.9 Å². The zero-order valence-electron chi connectivity index (χ0n) is 16.5. The first-order valence-corrected chi connectivity index (χ1v) is 8.70. The molecular weight excluding hydrogens is 378 g/mol. The molecule has 0 aliphatic rings. The molecule has 1 aromatic heterocycles. The number of carbonyl (C=O) groups excluding carboxylic acids is 1. The Balaban J connectivity index is 1.86. The average molecular weight is 399 g/mol. The summed E-state index contributed by atoms with van der Waals surface area (Å²) in [5.74, 6) is 1.25. The molecule has 8 heteroatoms. The van der Waals surface area contributed by atoms with Crippen molar-refractivity contribution in [3.63, 3.8) is 0 Å². The zero-order valence-corrected chi connectivity index (χ0v) is 16.5. The number of rotatable bonds is 7. The van der Waals surface area contributed by atoms with Gasteiger partial charge in [-0.1, -0.05) is 12.1 Å². The van der Waals surface area contributed by atoms with Gasteiger partial charge in [0.15, 0.2) is 22.8 Å². The van der Waals surface area contributed by atoms with Gasteiger partial charge in [-0.05, 0) is 29.8 Å². The summed E-state index contributed by atoms with van der Waals surface area (Å²) >= 11 is 0. The van der Waals surface area contributed by atoms with E-state index in [-0.39, 0.29) is 12.1 Å². The van der Waals surface area contributed by atoms with Crippen LogP contribution in [0.4, 0.5) is 0 Å². The van der Waals surface area contributed by atoms with Crippen LogP contribution in [0.15, 0.2) is 45.6 Å². The Morgan fingerprint density at radius 1 is 0.931 bits per heavy atom. The Morgan fingerprint density at radius 2 is 1.59 bits per heavy atom. The lowest BCUT2D eigenvalue weighted by molar-refractivity contribution is 0.0947. The third-order valence-electron chi connectivity index (χ3n) is 4.37. The van der Waals surface area contributed by atoms with Crippen molar-refractivity contribution in [2.75, 3.05) is 28.4 Å². The number of hydrogen-bond acceptors (Lipinski definition) is 7. The average Bonchev–Trinajstić information content (AvgIpc) is 2.75. The predicted octanol–water partition coefficient (Wildman–Crippen LogP) is 2.76. The lowest BCUT2D eigenvalue weighted by atomic mass is 10.1. The molecule has 1 heterocycles. The number of benzene rings is 2. The summed E-state index contributed by atoms with van der Waals surface area (Å²) in [6.07, 6.45) is 0. The number of carbonyl (C=O) groups is 1. The molecule has 0 atom stereocenters. The van der Waals surface area contributed by atoms with Gasteiger partial charge < -0.3 is 28.7 Å². The zero-order chi connectivity index (χ0) is 21.0. The number of hydrogen-bond donors (Lipinski definition) is 1. The maximum atomic E-state index is 12.6. The number of ether oxygens (including phenoxy) is 4. The largest absolute Gasteiger partial charge is 0.493 e. The highest BCUT2D eigenvalue weighted by Gasteiger charge is 2.17. The highest BCUT2D eigenvalue weighted by Crippen LogP contribution is 2.38. The SMILES string of the molecule is COc1cc(CNC(=O)c2cc3cccc(OC)c3oc2=O)cc(OC)c1OC. The van der Waals surface area contributed by atoms with Crippen molar-refractivity contribution in [3.05, 3.63) is 57.9 Å². The summed E-state index contributed by atoms with van der Waals surface area (Å²) in [5, 5.41) is 3.29. The summed E-state index contributed by atoms with van der Waals surface area (Å²) in [7, 11) is 6.01. The lowest BCUT2D eigenvalue weighted by Gasteiger charge is -2.14. The number of amides is 1. The van der Waals surface area contributed by atoms with Gasteiger partial charge in [0.2, 0.25) is 5.75 Å². The van der Waals surface area contributed by atoms with E-state index < -0.39 is 11.5 Å². The van der Waals surface area contributed by atoms with Crippen LogP contribution in [0.1, 0.15) is 15.9 Å². The molecule has 0 aliphatic carbocycles. The second-order valence-corrected chi connectivity index (χ2v) is 6.04. The molecule has 0 spiro atoms. The van der Waals surface area contributed by atoms with E-state index >= 15 is 0 Å². The molecule has 0 fully saturated rings. The standard InChI is InChI=1S/C21H21NO7/c1-25-15-7-5-6-13-10-14(21(24)29-18(13)15)20(23)22-11-12-8-16(26-2)19(28-4)17(9-12)27-3/h5-10H,11H2,1-4H3,(H,22,23). The number of nitrogens with one attached hydrogen (secondary N) is 1. The molecule has 0 unspecified atom stereocenters. The Labute approximate surface area is 166 Å². The lowest BCUT2D eigenvalue weighted by Crippen LogP contribution is -2.27. The number of fused-ring (bicyclic) bond motifs is 1. The van der Waals surface area contributed by atoms with Gasteiger partial charge in [0.1, 0.15) is 5.56 Å². The summed E-state index contributed by atoms with van der Waals surface area (Å²) in [6, 6.07) is 10.1. The molecule has 3 rings (SSSR count). The van der Waals surface area contributed by atoms with E-state index in [0.717, 1.165) is 0 Å². The van der Waals surface area contributed by atoms with Crippen LogP contribution in [-0.2, 0) is 6.54 Å². The van der Waals surface area contributed by atoms with Gasteiger partial charge in [0.25, 0.3) is 5.91 Å². The van der Waals surface area contributed by atoms with Crippen LogP contribution in [0.3, 0.4) is 0 Å². The number of para-hydroxylation sites is 1. The molecule has 152 valence electrons. The first-order valence-electron chi connectivity index (χ1n) is 8.70. The second-order valence-electron chi connectivity index (χ2n) is 6.04. The molecule has 1 amide bonds. The van der Waals surface area contributed by atoms with Crippen LogP contribution in [0, 0.1) is 0 Å². The van der Waals surface area contributed by atoms with Crippen LogP contribution in [0.5, 0.6) is 23.0 Å². The highest BCUT2D eigenvalue weighted by atomic mass is 16.5. The van der Waals surface area contributed by atoms with Crippen molar-refractivity contribution >= 4 is 16.9 Å². The maximum absolute atomic E-state index is 12.6. The summed E-state index contributed by atoms with van der Waals surface area (Å²) < 4.78 is 26.4. The van der Waals surface area contributed by atoms with Crippen molar-refractivity contribution in [2.24, 2.45) is 0 Å². The van der Waals surface area contributed by atoms with Gasteiger partial charge in [-0.3, -0.25) is 4.79 Å². The molecule has 8 nitrogen and oxygen atoms in total. The molecule has 1 N–H and O–H groups in total. The van der Waals surface area contributed by atoms with Crippen molar-refractivity contribution < 1.29 is 28.2 Å². The van der Waals surface area contributed by atoms with Crippen molar-refractivity contribution in [3.8, 4) is 23.0 Å². The minimum Gasteiger partial charge on any atom is -0.493 e. The fourth-order valence-corrected chi connectivity index (χ4v) is 2.95. The second kappa shape index (κ2) is 8.55. The molecule has 3 aromatic rings. The van der Waals surface area contributed by atoms with Crippen LogP contribution in [0.25, 0.3) is 11.0 Å². The maximum Gasteiger partial charge on any atom is 0.349 e. The minimum absolute atomic E-state index is 0.0989. The molecule has 29 heavy (non-hydrogen) atoms. The molecule has 2 aromatic carbocycles. The summed E-state index contributed by atoms with van der Waals surface area (Å²) in [4.78, 5) is 24.9. The summed E-state index contributed by atoms with van der Waals surface area (Å²) in [6.45, 7) is 0.144. The van der Waals surface area contributed by atoms with E-state index in [1.165, 1.54) is 34.5 Å². The van der Waals surface area contributed by atoms with E-state index in [1.807, 2.05) is 0 Å². The first-order chi connectivity index (χ1) is 14.0. The van der Waals surface area contributed by atoms with Crippen molar-refractivity contribution in [1.29, 1.82) is 0 Å². The quantitative estimate of drug-likeness (QED) is 0.610. The van der Waals surface area contributed by atoms with Crippen molar-refractivity contribution in [1.82, 2.24) is 5.32 Å². The van der Waals surface area contributed by atoms with Crippen LogP contribution in [-0.4, -0.2) is 34.3 Å². The molecule has 0 radical (unpaired) electrons.